The maximum Gasteiger partial charge on any atom is 0.240 e. The molecule has 0 heterocycles. The fraction of sp³-hybridized carbons (Fsp3) is 0.188. The smallest absolute Gasteiger partial charge is 0.240 e. The van der Waals surface area contributed by atoms with E-state index in [9.17, 15) is 17.6 Å². The molecule has 0 saturated heterocycles. The number of nitrogens with one attached hydrogen (secondary N) is 2. The predicted octanol–water partition coefficient (Wildman–Crippen LogP) is 3.12. The lowest BCUT2D eigenvalue weighted by Gasteiger charge is -2.09. The molecule has 134 valence electrons. The Morgan fingerprint density at radius 1 is 1.08 bits per heavy atom. The molecule has 1 amide bonds. The molecular weight excluding hydrogens is 390 g/mol. The Labute approximate surface area is 155 Å². The third-order valence-electron chi connectivity index (χ3n) is 3.26. The zero-order chi connectivity index (χ0) is 18.4. The number of carbonyl (C=O) groups excluding carboxylic acids is 1. The van der Waals surface area contributed by atoms with Crippen LogP contribution >= 0.6 is 23.2 Å². The number of halogens is 3. The van der Waals surface area contributed by atoms with Gasteiger partial charge < -0.3 is 5.32 Å². The third kappa shape index (κ3) is 5.97. The molecule has 0 aliphatic heterocycles. The highest BCUT2D eigenvalue weighted by Crippen LogP contribution is 2.20. The molecule has 0 spiro atoms. The van der Waals surface area contributed by atoms with Crippen molar-refractivity contribution in [1.29, 1.82) is 0 Å². The number of hydrogen-bond donors (Lipinski definition) is 2. The molecule has 0 aliphatic carbocycles. The van der Waals surface area contributed by atoms with Gasteiger partial charge in [0.05, 0.1) is 4.90 Å². The lowest BCUT2D eigenvalue weighted by atomic mass is 10.2. The van der Waals surface area contributed by atoms with Crippen LogP contribution in [-0.2, 0) is 21.4 Å². The highest BCUT2D eigenvalue weighted by molar-refractivity contribution is 7.89. The predicted molar refractivity (Wildman–Crippen MR) is 94.5 cm³/mol. The van der Waals surface area contributed by atoms with Gasteiger partial charge in [-0.15, -0.1) is 0 Å². The zero-order valence-corrected chi connectivity index (χ0v) is 15.3. The Balaban J connectivity index is 1.81. The summed E-state index contributed by atoms with van der Waals surface area (Å²) >= 11 is 11.8. The number of carbonyl (C=O) groups is 1. The summed E-state index contributed by atoms with van der Waals surface area (Å²) in [4.78, 5) is 11.7. The minimum absolute atomic E-state index is 0.0500. The molecule has 9 heteroatoms. The van der Waals surface area contributed by atoms with Crippen LogP contribution in [0.25, 0.3) is 0 Å². The Bertz CT molecular complexity index is 858. The number of rotatable bonds is 7. The molecule has 0 unspecified atom stereocenters. The van der Waals surface area contributed by atoms with E-state index in [-0.39, 0.29) is 30.3 Å². The Kier molecular flexibility index (Phi) is 6.78. The van der Waals surface area contributed by atoms with Crippen LogP contribution in [-0.4, -0.2) is 20.9 Å². The first kappa shape index (κ1) is 19.7. The quantitative estimate of drug-likeness (QED) is 0.744. The maximum absolute atomic E-state index is 12.8. The van der Waals surface area contributed by atoms with E-state index in [1.165, 1.54) is 0 Å². The SMILES string of the molecule is O=C(CCNS(=O)(=O)c1ccc(F)cc1)NCc1ccc(Cl)cc1Cl. The van der Waals surface area contributed by atoms with Gasteiger partial charge in [0.2, 0.25) is 15.9 Å². The van der Waals surface area contributed by atoms with Crippen molar-refractivity contribution in [3.05, 3.63) is 63.9 Å². The van der Waals surface area contributed by atoms with Crippen LogP contribution < -0.4 is 10.0 Å². The monoisotopic (exact) mass is 404 g/mol. The summed E-state index contributed by atoms with van der Waals surface area (Å²) in [6, 6.07) is 9.34. The fourth-order valence-electron chi connectivity index (χ4n) is 1.94. The van der Waals surface area contributed by atoms with Gasteiger partial charge in [-0.3, -0.25) is 4.79 Å². The normalized spacial score (nSPS) is 11.3. The molecule has 2 aromatic carbocycles. The summed E-state index contributed by atoms with van der Waals surface area (Å²) in [7, 11) is -3.78. The van der Waals surface area contributed by atoms with E-state index < -0.39 is 15.8 Å². The molecule has 2 rings (SSSR count). The highest BCUT2D eigenvalue weighted by Gasteiger charge is 2.14. The summed E-state index contributed by atoms with van der Waals surface area (Å²) in [5, 5.41) is 3.57. The first-order valence-corrected chi connectivity index (χ1v) is 9.48. The molecule has 0 saturated carbocycles. The number of amides is 1. The van der Waals surface area contributed by atoms with Crippen LogP contribution in [0.3, 0.4) is 0 Å². The van der Waals surface area contributed by atoms with Crippen LogP contribution in [0.15, 0.2) is 47.4 Å². The van der Waals surface area contributed by atoms with Crippen molar-refractivity contribution >= 4 is 39.1 Å². The summed E-state index contributed by atoms with van der Waals surface area (Å²) in [5.41, 5.74) is 0.700. The largest absolute Gasteiger partial charge is 0.352 e. The molecule has 5 nitrogen and oxygen atoms in total. The van der Waals surface area contributed by atoms with Gasteiger partial charge >= 0.3 is 0 Å². The average molecular weight is 405 g/mol. The molecular formula is C16H15Cl2FN2O3S. The van der Waals surface area contributed by atoms with Crippen molar-refractivity contribution in [2.24, 2.45) is 0 Å². The third-order valence-corrected chi connectivity index (χ3v) is 5.32. The summed E-state index contributed by atoms with van der Waals surface area (Å²) in [6.45, 7) is 0.124. The number of benzene rings is 2. The van der Waals surface area contributed by atoms with E-state index >= 15 is 0 Å². The van der Waals surface area contributed by atoms with Crippen molar-refractivity contribution in [2.75, 3.05) is 6.54 Å². The van der Waals surface area contributed by atoms with Crippen LogP contribution in [0, 0.1) is 5.82 Å². The molecule has 0 atom stereocenters. The van der Waals surface area contributed by atoms with E-state index in [0.717, 1.165) is 24.3 Å². The Morgan fingerprint density at radius 3 is 2.40 bits per heavy atom. The standard InChI is InChI=1S/C16H15Cl2FN2O3S/c17-12-2-1-11(15(18)9-12)10-20-16(22)7-8-21-25(23,24)14-5-3-13(19)4-6-14/h1-6,9,21H,7-8,10H2,(H,20,22). The van der Waals surface area contributed by atoms with Crippen molar-refractivity contribution in [2.45, 2.75) is 17.9 Å². The van der Waals surface area contributed by atoms with Crippen molar-refractivity contribution in [3.8, 4) is 0 Å². The molecule has 0 aromatic heterocycles. The molecule has 2 N–H and O–H groups in total. The molecule has 25 heavy (non-hydrogen) atoms. The Hall–Kier alpha value is -1.67. The molecule has 0 bridgehead atoms. The number of hydrogen-bond acceptors (Lipinski definition) is 3. The summed E-state index contributed by atoms with van der Waals surface area (Å²) in [6.07, 6.45) is -0.0500. The van der Waals surface area contributed by atoms with Gasteiger partial charge in [0.15, 0.2) is 0 Å². The van der Waals surface area contributed by atoms with Crippen LogP contribution in [0.4, 0.5) is 4.39 Å². The van der Waals surface area contributed by atoms with Gasteiger partial charge in [-0.05, 0) is 42.0 Å². The van der Waals surface area contributed by atoms with Crippen molar-refractivity contribution < 1.29 is 17.6 Å². The van der Waals surface area contributed by atoms with Crippen LogP contribution in [0.2, 0.25) is 10.0 Å². The molecule has 0 fully saturated rings. The van der Waals surface area contributed by atoms with Gasteiger partial charge in [-0.1, -0.05) is 29.3 Å². The van der Waals surface area contributed by atoms with Crippen LogP contribution in [0.5, 0.6) is 0 Å². The van der Waals surface area contributed by atoms with Gasteiger partial charge in [0.25, 0.3) is 0 Å². The first-order chi connectivity index (χ1) is 11.8. The minimum Gasteiger partial charge on any atom is -0.352 e. The number of sulfonamides is 1. The van der Waals surface area contributed by atoms with Gasteiger partial charge in [0.1, 0.15) is 5.82 Å². The average Bonchev–Trinajstić information content (AvgIpc) is 2.54. The van der Waals surface area contributed by atoms with Crippen LogP contribution in [0.1, 0.15) is 12.0 Å². The second-order valence-corrected chi connectivity index (χ2v) is 7.72. The van der Waals surface area contributed by atoms with E-state index in [2.05, 4.69) is 10.0 Å². The zero-order valence-electron chi connectivity index (χ0n) is 12.9. The summed E-state index contributed by atoms with van der Waals surface area (Å²) in [5.74, 6) is -0.869. The van der Waals surface area contributed by atoms with E-state index in [1.807, 2.05) is 0 Å². The Morgan fingerprint density at radius 2 is 1.76 bits per heavy atom. The molecule has 0 radical (unpaired) electrons. The lowest BCUT2D eigenvalue weighted by Crippen LogP contribution is -2.30. The fourth-order valence-corrected chi connectivity index (χ4v) is 3.45. The van der Waals surface area contributed by atoms with Gasteiger partial charge in [0, 0.05) is 29.6 Å². The molecule has 2 aromatic rings. The second-order valence-electron chi connectivity index (χ2n) is 5.11. The highest BCUT2D eigenvalue weighted by atomic mass is 35.5. The van der Waals surface area contributed by atoms with E-state index in [0.29, 0.717) is 15.6 Å². The lowest BCUT2D eigenvalue weighted by molar-refractivity contribution is -0.121. The first-order valence-electron chi connectivity index (χ1n) is 7.24. The van der Waals surface area contributed by atoms with E-state index in [1.54, 1.807) is 18.2 Å². The topological polar surface area (TPSA) is 75.3 Å². The van der Waals surface area contributed by atoms with Gasteiger partial charge in [-0.2, -0.15) is 0 Å². The van der Waals surface area contributed by atoms with Crippen molar-refractivity contribution in [1.82, 2.24) is 10.0 Å². The minimum atomic E-state index is -3.78. The summed E-state index contributed by atoms with van der Waals surface area (Å²) < 4.78 is 39.1. The van der Waals surface area contributed by atoms with Gasteiger partial charge in [-0.25, -0.2) is 17.5 Å². The van der Waals surface area contributed by atoms with E-state index in [4.69, 9.17) is 23.2 Å². The van der Waals surface area contributed by atoms with Crippen molar-refractivity contribution in [3.63, 3.8) is 0 Å². The molecule has 0 aliphatic rings. The maximum atomic E-state index is 12.8. The second kappa shape index (κ2) is 8.62.